The summed E-state index contributed by atoms with van der Waals surface area (Å²) >= 11 is 0. The largest absolute Gasteiger partial charge is 0.488 e. The highest BCUT2D eigenvalue weighted by atomic mass is 16.6. The van der Waals surface area contributed by atoms with Gasteiger partial charge in [0, 0.05) is 21.5 Å². The molecule has 0 aliphatic rings. The van der Waals surface area contributed by atoms with Crippen LogP contribution in [0.25, 0.3) is 43.1 Å². The monoisotopic (exact) mass is 634 g/mol. The normalized spacial score (nSPS) is 12.5. The van der Waals surface area contributed by atoms with Gasteiger partial charge in [0.15, 0.2) is 0 Å². The number of fused-ring (bicyclic) bond motifs is 4. The van der Waals surface area contributed by atoms with Crippen molar-refractivity contribution in [2.24, 2.45) is 0 Å². The van der Waals surface area contributed by atoms with Crippen LogP contribution in [0.4, 0.5) is 0 Å². The third-order valence-electron chi connectivity index (χ3n) is 8.39. The molecule has 238 valence electrons. The Balaban J connectivity index is 1.09. The van der Waals surface area contributed by atoms with E-state index in [1.54, 1.807) is 12.1 Å². The summed E-state index contributed by atoms with van der Waals surface area (Å²) in [5, 5.41) is 7.10. The fourth-order valence-electron chi connectivity index (χ4n) is 6.13. The molecule has 7 aromatic carbocycles. The van der Waals surface area contributed by atoms with Crippen molar-refractivity contribution in [1.29, 1.82) is 0 Å². The topological polar surface area (TPSA) is 71.1 Å². The van der Waals surface area contributed by atoms with Crippen molar-refractivity contribution < 1.29 is 28.5 Å². The lowest BCUT2D eigenvalue weighted by molar-refractivity contribution is 0.0224. The number of ether oxygens (including phenoxy) is 4. The highest BCUT2D eigenvalue weighted by Gasteiger charge is 2.21. The molecule has 0 saturated heterocycles. The summed E-state index contributed by atoms with van der Waals surface area (Å²) in [6.07, 6.45) is -1.02. The Kier molecular flexibility index (Phi) is 8.63. The Morgan fingerprint density at radius 2 is 0.750 bits per heavy atom. The number of rotatable bonds is 10. The minimum atomic E-state index is -0.512. The Hall–Kier alpha value is -5.88. The van der Waals surface area contributed by atoms with Crippen LogP contribution in [0.2, 0.25) is 0 Å². The summed E-state index contributed by atoms with van der Waals surface area (Å²) in [5.74, 6) is 0.572. The minimum absolute atomic E-state index is 0.159. The van der Waals surface area contributed by atoms with Gasteiger partial charge in [-0.25, -0.2) is 9.59 Å². The van der Waals surface area contributed by atoms with Crippen molar-refractivity contribution in [3.8, 4) is 11.5 Å². The lowest BCUT2D eigenvalue weighted by atomic mass is 10.0. The number of hydrogen-bond donors (Lipinski definition) is 0. The van der Waals surface area contributed by atoms with Crippen LogP contribution < -0.4 is 9.47 Å². The van der Waals surface area contributed by atoms with Crippen LogP contribution in [-0.4, -0.2) is 37.4 Å². The number of esters is 2. The first-order chi connectivity index (χ1) is 23.5. The van der Waals surface area contributed by atoms with Gasteiger partial charge in [-0.1, -0.05) is 121 Å². The molecule has 0 bridgehead atoms. The molecule has 0 aromatic heterocycles. The van der Waals surface area contributed by atoms with Crippen molar-refractivity contribution in [1.82, 2.24) is 0 Å². The molecule has 2 atom stereocenters. The molecule has 0 spiro atoms. The van der Waals surface area contributed by atoms with Crippen molar-refractivity contribution in [2.75, 3.05) is 13.2 Å². The number of benzene rings is 7. The van der Waals surface area contributed by atoms with Crippen molar-refractivity contribution in [3.63, 3.8) is 0 Å². The molecule has 6 heteroatoms. The molecule has 2 unspecified atom stereocenters. The van der Waals surface area contributed by atoms with Crippen molar-refractivity contribution >= 4 is 55.0 Å². The molecule has 0 aliphatic carbocycles. The van der Waals surface area contributed by atoms with E-state index in [0.717, 1.165) is 43.1 Å². The fraction of sp³-hybridized carbons (Fsp3) is 0.143. The van der Waals surface area contributed by atoms with E-state index in [4.69, 9.17) is 18.9 Å². The molecule has 0 fully saturated rings. The lowest BCUT2D eigenvalue weighted by Gasteiger charge is -2.21. The Morgan fingerprint density at radius 3 is 1.12 bits per heavy atom. The van der Waals surface area contributed by atoms with Crippen molar-refractivity contribution in [2.45, 2.75) is 26.1 Å². The molecule has 0 heterocycles. The number of carbonyl (C=O) groups is 2. The van der Waals surface area contributed by atoms with Gasteiger partial charge >= 0.3 is 11.9 Å². The molecule has 7 aromatic rings. The van der Waals surface area contributed by atoms with E-state index in [2.05, 4.69) is 0 Å². The minimum Gasteiger partial charge on any atom is -0.488 e. The van der Waals surface area contributed by atoms with Gasteiger partial charge in [-0.05, 0) is 47.5 Å². The van der Waals surface area contributed by atoms with E-state index < -0.39 is 24.1 Å². The average Bonchev–Trinajstić information content (AvgIpc) is 3.12. The number of hydrogen-bond acceptors (Lipinski definition) is 6. The Labute approximate surface area is 278 Å². The van der Waals surface area contributed by atoms with Crippen LogP contribution in [0, 0.1) is 0 Å². The van der Waals surface area contributed by atoms with Gasteiger partial charge in [0.25, 0.3) is 0 Å². The molecule has 0 aliphatic heterocycles. The van der Waals surface area contributed by atoms with Crippen LogP contribution in [0.15, 0.2) is 133 Å². The summed E-state index contributed by atoms with van der Waals surface area (Å²) in [6, 6.07) is 42.5. The van der Waals surface area contributed by atoms with Crippen LogP contribution in [0.5, 0.6) is 11.5 Å². The molecule has 0 amide bonds. The van der Waals surface area contributed by atoms with Gasteiger partial charge in [-0.15, -0.1) is 0 Å². The van der Waals surface area contributed by atoms with E-state index in [1.807, 2.05) is 135 Å². The lowest BCUT2D eigenvalue weighted by Crippen LogP contribution is -2.23. The SMILES string of the molecule is CC(COc1c2ccccc2c(OCC(C)OC(=O)c2cccc3ccccc23)c2ccccc12)OC(=O)c1cccc2ccccc12. The van der Waals surface area contributed by atoms with Gasteiger partial charge in [0.05, 0.1) is 11.1 Å². The predicted octanol–water partition coefficient (Wildman–Crippen LogP) is 9.55. The standard InChI is InChI=1S/C42H34O6/c1-27(47-41(43)37-23-11-15-29-13-3-5-17-31(29)37)25-45-39-33-19-7-9-21-35(33)40(36-22-10-8-20-34(36)39)46-26-28(2)48-42(44)38-24-12-16-30-14-4-6-18-32(30)38/h3-24,27-28H,25-26H2,1-2H3. The van der Waals surface area contributed by atoms with Gasteiger partial charge in [0.1, 0.15) is 36.9 Å². The van der Waals surface area contributed by atoms with E-state index in [-0.39, 0.29) is 13.2 Å². The quantitative estimate of drug-likeness (QED) is 0.110. The second-order valence-corrected chi connectivity index (χ2v) is 11.9. The predicted molar refractivity (Wildman–Crippen MR) is 190 cm³/mol. The molecular weight excluding hydrogens is 600 g/mol. The third-order valence-corrected chi connectivity index (χ3v) is 8.39. The first-order valence-corrected chi connectivity index (χ1v) is 16.0. The molecule has 0 N–H and O–H groups in total. The van der Waals surface area contributed by atoms with E-state index in [9.17, 15) is 9.59 Å². The molecular formula is C42H34O6. The zero-order valence-electron chi connectivity index (χ0n) is 26.7. The maximum Gasteiger partial charge on any atom is 0.339 e. The Morgan fingerprint density at radius 1 is 0.438 bits per heavy atom. The zero-order chi connectivity index (χ0) is 33.0. The molecule has 6 nitrogen and oxygen atoms in total. The fourth-order valence-corrected chi connectivity index (χ4v) is 6.13. The summed E-state index contributed by atoms with van der Waals surface area (Å²) < 4.78 is 24.5. The summed E-state index contributed by atoms with van der Waals surface area (Å²) in [5.41, 5.74) is 1.05. The highest BCUT2D eigenvalue weighted by molar-refractivity contribution is 6.11. The van der Waals surface area contributed by atoms with Crippen LogP contribution >= 0.6 is 0 Å². The molecule has 0 radical (unpaired) electrons. The smallest absolute Gasteiger partial charge is 0.339 e. The van der Waals surface area contributed by atoms with Crippen LogP contribution in [0.3, 0.4) is 0 Å². The van der Waals surface area contributed by atoms with Gasteiger partial charge in [-0.2, -0.15) is 0 Å². The summed E-state index contributed by atoms with van der Waals surface area (Å²) in [4.78, 5) is 26.3. The van der Waals surface area contributed by atoms with E-state index >= 15 is 0 Å². The Bertz CT molecular complexity index is 2060. The molecule has 7 rings (SSSR count). The average molecular weight is 635 g/mol. The van der Waals surface area contributed by atoms with E-state index in [1.165, 1.54) is 0 Å². The third kappa shape index (κ3) is 6.13. The van der Waals surface area contributed by atoms with Gasteiger partial charge in [0.2, 0.25) is 0 Å². The van der Waals surface area contributed by atoms with E-state index in [0.29, 0.717) is 22.6 Å². The maximum absolute atomic E-state index is 13.2. The van der Waals surface area contributed by atoms with Crippen LogP contribution in [0.1, 0.15) is 34.6 Å². The summed E-state index contributed by atoms with van der Waals surface area (Å²) in [6.45, 7) is 3.97. The second kappa shape index (κ2) is 13.5. The second-order valence-electron chi connectivity index (χ2n) is 11.9. The maximum atomic E-state index is 13.2. The molecule has 48 heavy (non-hydrogen) atoms. The van der Waals surface area contributed by atoms with Gasteiger partial charge < -0.3 is 18.9 Å². The molecule has 0 saturated carbocycles. The van der Waals surface area contributed by atoms with Gasteiger partial charge in [-0.3, -0.25) is 0 Å². The first kappa shape index (κ1) is 30.8. The first-order valence-electron chi connectivity index (χ1n) is 16.0. The number of carbonyl (C=O) groups excluding carboxylic acids is 2. The summed E-state index contributed by atoms with van der Waals surface area (Å²) in [7, 11) is 0. The zero-order valence-corrected chi connectivity index (χ0v) is 26.7. The highest BCUT2D eigenvalue weighted by Crippen LogP contribution is 2.43. The van der Waals surface area contributed by atoms with Crippen LogP contribution in [-0.2, 0) is 9.47 Å². The van der Waals surface area contributed by atoms with Crippen molar-refractivity contribution in [3.05, 3.63) is 145 Å².